The maximum atomic E-state index is 12.2. The van der Waals surface area contributed by atoms with E-state index < -0.39 is 6.10 Å². The Hall–Kier alpha value is -2.12. The van der Waals surface area contributed by atoms with Crippen molar-refractivity contribution in [3.05, 3.63) is 52.6 Å². The van der Waals surface area contributed by atoms with E-state index in [1.165, 1.54) is 0 Å². The molecule has 1 atom stereocenters. The summed E-state index contributed by atoms with van der Waals surface area (Å²) in [5.41, 5.74) is 0.950. The molecular formula is C19H22BrN3O3. The van der Waals surface area contributed by atoms with Gasteiger partial charge in [-0.2, -0.15) is 0 Å². The van der Waals surface area contributed by atoms with Gasteiger partial charge in [0.05, 0.1) is 13.2 Å². The van der Waals surface area contributed by atoms with E-state index in [0.29, 0.717) is 12.3 Å². The van der Waals surface area contributed by atoms with Crippen molar-refractivity contribution in [2.24, 2.45) is 0 Å². The fraction of sp³-hybridized carbons (Fsp3) is 0.368. The number of benzene rings is 1. The number of carbonyl (C=O) groups excluding carboxylic acids is 1. The number of ether oxygens (including phenoxy) is 2. The van der Waals surface area contributed by atoms with Gasteiger partial charge in [0.15, 0.2) is 6.10 Å². The summed E-state index contributed by atoms with van der Waals surface area (Å²) in [7, 11) is 0. The molecule has 3 rings (SSSR count). The molecule has 26 heavy (non-hydrogen) atoms. The monoisotopic (exact) mass is 419 g/mol. The summed E-state index contributed by atoms with van der Waals surface area (Å²) < 4.78 is 12.0. The van der Waals surface area contributed by atoms with Crippen LogP contribution in [0.2, 0.25) is 0 Å². The normalized spacial score (nSPS) is 15.4. The molecule has 138 valence electrons. The van der Waals surface area contributed by atoms with Crippen LogP contribution in [-0.2, 0) is 16.1 Å². The molecule has 0 saturated carbocycles. The predicted molar refractivity (Wildman–Crippen MR) is 103 cm³/mol. The molecular weight excluding hydrogens is 398 g/mol. The number of rotatable bonds is 6. The van der Waals surface area contributed by atoms with E-state index in [1.807, 2.05) is 36.4 Å². The molecule has 0 aliphatic carbocycles. The van der Waals surface area contributed by atoms with Gasteiger partial charge in [-0.15, -0.1) is 0 Å². The third-order valence-electron chi connectivity index (χ3n) is 4.11. The van der Waals surface area contributed by atoms with Crippen LogP contribution in [0, 0.1) is 0 Å². The largest absolute Gasteiger partial charge is 0.481 e. The molecule has 1 aromatic heterocycles. The first-order valence-corrected chi connectivity index (χ1v) is 9.39. The molecule has 1 amide bonds. The van der Waals surface area contributed by atoms with E-state index in [4.69, 9.17) is 9.47 Å². The molecule has 1 N–H and O–H groups in total. The second-order valence-corrected chi connectivity index (χ2v) is 6.97. The number of hydrogen-bond donors (Lipinski definition) is 1. The van der Waals surface area contributed by atoms with Crippen molar-refractivity contribution < 1.29 is 14.3 Å². The van der Waals surface area contributed by atoms with Crippen LogP contribution in [0.25, 0.3) is 0 Å². The lowest BCUT2D eigenvalue weighted by Crippen LogP contribution is -2.37. The van der Waals surface area contributed by atoms with E-state index in [2.05, 4.69) is 31.1 Å². The molecule has 1 unspecified atom stereocenters. The highest BCUT2D eigenvalue weighted by Gasteiger charge is 2.15. The number of aromatic nitrogens is 1. The van der Waals surface area contributed by atoms with Crippen molar-refractivity contribution in [3.63, 3.8) is 0 Å². The number of nitrogens with zero attached hydrogens (tertiary/aromatic N) is 2. The fourth-order valence-corrected chi connectivity index (χ4v) is 2.87. The fourth-order valence-electron chi connectivity index (χ4n) is 2.60. The number of nitrogens with one attached hydrogen (secondary N) is 1. The van der Waals surface area contributed by atoms with Crippen molar-refractivity contribution >= 4 is 27.7 Å². The number of morpholine rings is 1. The lowest BCUT2D eigenvalue weighted by atomic mass is 10.2. The zero-order chi connectivity index (χ0) is 18.4. The first-order valence-electron chi connectivity index (χ1n) is 8.59. The van der Waals surface area contributed by atoms with Gasteiger partial charge in [0.1, 0.15) is 11.6 Å². The minimum Gasteiger partial charge on any atom is -0.481 e. The standard InChI is InChI=1S/C19H22BrN3O3/c1-14(26-17-5-3-16(20)4-6-17)19(24)22-13-15-2-7-18(21-12-15)23-8-10-25-11-9-23/h2-7,12,14H,8-11,13H2,1H3,(H,22,24). The van der Waals surface area contributed by atoms with Crippen LogP contribution in [0.3, 0.4) is 0 Å². The smallest absolute Gasteiger partial charge is 0.261 e. The van der Waals surface area contributed by atoms with E-state index in [-0.39, 0.29) is 5.91 Å². The number of amides is 1. The van der Waals surface area contributed by atoms with Gasteiger partial charge in [-0.3, -0.25) is 4.79 Å². The van der Waals surface area contributed by atoms with Gasteiger partial charge < -0.3 is 19.7 Å². The van der Waals surface area contributed by atoms with Crippen LogP contribution in [0.4, 0.5) is 5.82 Å². The quantitative estimate of drug-likeness (QED) is 0.779. The van der Waals surface area contributed by atoms with E-state index in [0.717, 1.165) is 42.2 Å². The Labute approximate surface area is 161 Å². The summed E-state index contributed by atoms with van der Waals surface area (Å²) in [5, 5.41) is 2.88. The molecule has 7 heteroatoms. The van der Waals surface area contributed by atoms with Gasteiger partial charge in [0, 0.05) is 30.3 Å². The van der Waals surface area contributed by atoms with Crippen LogP contribution < -0.4 is 15.0 Å². The molecule has 1 saturated heterocycles. The third-order valence-corrected chi connectivity index (χ3v) is 4.64. The summed E-state index contributed by atoms with van der Waals surface area (Å²) >= 11 is 3.37. The molecule has 0 spiro atoms. The van der Waals surface area contributed by atoms with Gasteiger partial charge in [-0.05, 0) is 42.8 Å². The first kappa shape index (κ1) is 18.7. The van der Waals surface area contributed by atoms with Crippen molar-refractivity contribution in [1.82, 2.24) is 10.3 Å². The van der Waals surface area contributed by atoms with Gasteiger partial charge in [-0.25, -0.2) is 4.98 Å². The Kier molecular flexibility index (Phi) is 6.46. The van der Waals surface area contributed by atoms with Crippen molar-refractivity contribution in [2.45, 2.75) is 19.6 Å². The molecule has 0 radical (unpaired) electrons. The van der Waals surface area contributed by atoms with Crippen LogP contribution in [0.5, 0.6) is 5.75 Å². The highest BCUT2D eigenvalue weighted by Crippen LogP contribution is 2.17. The number of pyridine rings is 1. The minimum absolute atomic E-state index is 0.162. The highest BCUT2D eigenvalue weighted by molar-refractivity contribution is 9.10. The van der Waals surface area contributed by atoms with Crippen molar-refractivity contribution in [2.75, 3.05) is 31.2 Å². The first-order chi connectivity index (χ1) is 12.6. The summed E-state index contributed by atoms with van der Waals surface area (Å²) in [6, 6.07) is 11.4. The van der Waals surface area contributed by atoms with Crippen LogP contribution in [0.15, 0.2) is 47.1 Å². The lowest BCUT2D eigenvalue weighted by Gasteiger charge is -2.27. The van der Waals surface area contributed by atoms with E-state index in [1.54, 1.807) is 13.1 Å². The Morgan fingerprint density at radius 1 is 1.27 bits per heavy atom. The Morgan fingerprint density at radius 3 is 2.65 bits per heavy atom. The third kappa shape index (κ3) is 5.19. The summed E-state index contributed by atoms with van der Waals surface area (Å²) in [6.45, 7) is 5.33. The van der Waals surface area contributed by atoms with Crippen LogP contribution >= 0.6 is 15.9 Å². The Morgan fingerprint density at radius 2 is 2.00 bits per heavy atom. The molecule has 2 heterocycles. The van der Waals surface area contributed by atoms with Gasteiger partial charge in [0.25, 0.3) is 5.91 Å². The van der Waals surface area contributed by atoms with Gasteiger partial charge in [-0.1, -0.05) is 22.0 Å². The van der Waals surface area contributed by atoms with Gasteiger partial charge in [0.2, 0.25) is 0 Å². The van der Waals surface area contributed by atoms with E-state index in [9.17, 15) is 4.79 Å². The zero-order valence-electron chi connectivity index (χ0n) is 14.7. The van der Waals surface area contributed by atoms with Crippen LogP contribution in [-0.4, -0.2) is 43.3 Å². The van der Waals surface area contributed by atoms with Crippen LogP contribution in [0.1, 0.15) is 12.5 Å². The highest BCUT2D eigenvalue weighted by atomic mass is 79.9. The number of carbonyl (C=O) groups is 1. The molecule has 0 bridgehead atoms. The maximum Gasteiger partial charge on any atom is 0.261 e. The molecule has 1 aliphatic rings. The SMILES string of the molecule is CC(Oc1ccc(Br)cc1)C(=O)NCc1ccc(N2CCOCC2)nc1. The summed E-state index contributed by atoms with van der Waals surface area (Å²) in [4.78, 5) is 18.9. The lowest BCUT2D eigenvalue weighted by molar-refractivity contribution is -0.127. The van der Waals surface area contributed by atoms with Gasteiger partial charge >= 0.3 is 0 Å². The average molecular weight is 420 g/mol. The number of hydrogen-bond acceptors (Lipinski definition) is 5. The second kappa shape index (κ2) is 9.00. The molecule has 1 fully saturated rings. The maximum absolute atomic E-state index is 12.2. The van der Waals surface area contributed by atoms with Crippen molar-refractivity contribution in [1.29, 1.82) is 0 Å². The Balaban J connectivity index is 1.48. The summed E-state index contributed by atoms with van der Waals surface area (Å²) in [6.07, 6.45) is 1.22. The molecule has 1 aromatic carbocycles. The molecule has 1 aliphatic heterocycles. The predicted octanol–water partition coefficient (Wildman–Crippen LogP) is 2.76. The topological polar surface area (TPSA) is 63.7 Å². The van der Waals surface area contributed by atoms with E-state index >= 15 is 0 Å². The van der Waals surface area contributed by atoms with Crippen molar-refractivity contribution in [3.8, 4) is 5.75 Å². The average Bonchev–Trinajstić information content (AvgIpc) is 2.69. The molecule has 2 aromatic rings. The zero-order valence-corrected chi connectivity index (χ0v) is 16.2. The minimum atomic E-state index is -0.572. The number of halogens is 1. The summed E-state index contributed by atoms with van der Waals surface area (Å²) in [5.74, 6) is 1.44. The Bertz CT molecular complexity index is 716. The number of anilines is 1. The second-order valence-electron chi connectivity index (χ2n) is 6.06. The molecule has 6 nitrogen and oxygen atoms in total.